The molecule has 0 aliphatic carbocycles. The number of nitrogens with one attached hydrogen (secondary N) is 1. The minimum Gasteiger partial charge on any atom is -0.293 e. The molecule has 0 spiro atoms. The Morgan fingerprint density at radius 2 is 1.48 bits per heavy atom. The molecule has 0 bridgehead atoms. The first kappa shape index (κ1) is 15.4. The second kappa shape index (κ2) is 6.32. The van der Waals surface area contributed by atoms with Crippen LogP contribution in [0.1, 0.15) is 10.4 Å². The number of carbonyl (C=O) groups excluding carboxylic acids is 1. The molecule has 0 fully saturated rings. The van der Waals surface area contributed by atoms with Crippen molar-refractivity contribution in [1.29, 1.82) is 0 Å². The van der Waals surface area contributed by atoms with Crippen LogP contribution in [0.2, 0.25) is 0 Å². The van der Waals surface area contributed by atoms with Crippen LogP contribution < -0.4 is 4.72 Å². The summed E-state index contributed by atoms with van der Waals surface area (Å²) in [5, 5.41) is 1.98. The van der Waals surface area contributed by atoms with Gasteiger partial charge in [-0.05, 0) is 29.0 Å². The van der Waals surface area contributed by atoms with Crippen molar-refractivity contribution in [1.82, 2.24) is 4.72 Å². The molecule has 3 rings (SSSR count). The van der Waals surface area contributed by atoms with Gasteiger partial charge in [-0.15, -0.1) is 0 Å². The monoisotopic (exact) mass is 325 g/mol. The fourth-order valence-corrected chi connectivity index (χ4v) is 3.31. The van der Waals surface area contributed by atoms with Crippen molar-refractivity contribution in [2.24, 2.45) is 0 Å². The third-order valence-corrected chi connectivity index (χ3v) is 4.96. The first-order valence-corrected chi connectivity index (χ1v) is 8.61. The van der Waals surface area contributed by atoms with E-state index in [1.165, 1.54) is 12.1 Å². The van der Waals surface area contributed by atoms with Crippen LogP contribution in [0.5, 0.6) is 0 Å². The lowest BCUT2D eigenvalue weighted by atomic mass is 10.0. The summed E-state index contributed by atoms with van der Waals surface area (Å²) < 4.78 is 26.6. The number of benzene rings is 3. The molecule has 4 nitrogen and oxygen atoms in total. The molecule has 0 saturated heterocycles. The quantitative estimate of drug-likeness (QED) is 0.734. The Morgan fingerprint density at radius 1 is 0.826 bits per heavy atom. The van der Waals surface area contributed by atoms with Crippen LogP contribution in [0.3, 0.4) is 0 Å². The highest BCUT2D eigenvalue weighted by Gasteiger charge is 2.15. The fourth-order valence-electron chi connectivity index (χ4n) is 2.31. The standard InChI is InChI=1S/C18H15NO3S/c20-18(13-19-23(21,22)17-8-2-1-3-9-17)16-11-10-14-6-4-5-7-15(14)12-16/h1-12,19H,13H2. The van der Waals surface area contributed by atoms with Gasteiger partial charge in [0.05, 0.1) is 11.4 Å². The number of hydrogen-bond acceptors (Lipinski definition) is 3. The van der Waals surface area contributed by atoms with Crippen LogP contribution in [0.4, 0.5) is 0 Å². The smallest absolute Gasteiger partial charge is 0.240 e. The Kier molecular flexibility index (Phi) is 4.23. The van der Waals surface area contributed by atoms with Crippen molar-refractivity contribution in [2.75, 3.05) is 6.54 Å². The molecule has 0 radical (unpaired) electrons. The van der Waals surface area contributed by atoms with Crippen LogP contribution in [0, 0.1) is 0 Å². The van der Waals surface area contributed by atoms with Crippen molar-refractivity contribution in [2.45, 2.75) is 4.90 Å². The van der Waals surface area contributed by atoms with Crippen molar-refractivity contribution in [3.8, 4) is 0 Å². The van der Waals surface area contributed by atoms with E-state index in [1.54, 1.807) is 30.3 Å². The minimum atomic E-state index is -3.68. The summed E-state index contributed by atoms with van der Waals surface area (Å²) >= 11 is 0. The Hall–Kier alpha value is -2.50. The van der Waals surface area contributed by atoms with E-state index in [1.807, 2.05) is 30.3 Å². The molecular weight excluding hydrogens is 310 g/mol. The minimum absolute atomic E-state index is 0.145. The van der Waals surface area contributed by atoms with Gasteiger partial charge < -0.3 is 0 Å². The lowest BCUT2D eigenvalue weighted by Crippen LogP contribution is -2.29. The maximum absolute atomic E-state index is 12.2. The van der Waals surface area contributed by atoms with Gasteiger partial charge in [0.2, 0.25) is 10.0 Å². The highest BCUT2D eigenvalue weighted by Crippen LogP contribution is 2.16. The van der Waals surface area contributed by atoms with E-state index in [-0.39, 0.29) is 17.2 Å². The molecule has 3 aromatic carbocycles. The van der Waals surface area contributed by atoms with Crippen LogP contribution >= 0.6 is 0 Å². The average Bonchev–Trinajstić information content (AvgIpc) is 2.60. The number of carbonyl (C=O) groups is 1. The molecule has 0 aliphatic heterocycles. The zero-order valence-electron chi connectivity index (χ0n) is 12.3. The van der Waals surface area contributed by atoms with Crippen LogP contribution in [-0.2, 0) is 10.0 Å². The second-order valence-electron chi connectivity index (χ2n) is 5.12. The number of rotatable bonds is 5. The maximum atomic E-state index is 12.2. The summed E-state index contributed by atoms with van der Waals surface area (Å²) in [6.07, 6.45) is 0. The molecule has 0 unspecified atom stereocenters. The van der Waals surface area contributed by atoms with Gasteiger partial charge in [0, 0.05) is 5.56 Å². The maximum Gasteiger partial charge on any atom is 0.240 e. The molecule has 3 aromatic rings. The molecule has 116 valence electrons. The first-order chi connectivity index (χ1) is 11.1. The number of sulfonamides is 1. The molecular formula is C18H15NO3S. The predicted molar refractivity (Wildman–Crippen MR) is 89.9 cm³/mol. The summed E-state index contributed by atoms with van der Waals surface area (Å²) in [5.74, 6) is -0.268. The van der Waals surface area contributed by atoms with Gasteiger partial charge in [0.15, 0.2) is 5.78 Å². The van der Waals surface area contributed by atoms with E-state index in [9.17, 15) is 13.2 Å². The molecule has 5 heteroatoms. The van der Waals surface area contributed by atoms with E-state index in [4.69, 9.17) is 0 Å². The first-order valence-electron chi connectivity index (χ1n) is 7.13. The summed E-state index contributed by atoms with van der Waals surface area (Å²) in [6.45, 7) is -0.268. The zero-order valence-corrected chi connectivity index (χ0v) is 13.1. The molecule has 0 atom stereocenters. The highest BCUT2D eigenvalue weighted by atomic mass is 32.2. The molecule has 23 heavy (non-hydrogen) atoms. The third kappa shape index (κ3) is 3.47. The highest BCUT2D eigenvalue weighted by molar-refractivity contribution is 7.89. The summed E-state index contributed by atoms with van der Waals surface area (Å²) in [7, 11) is -3.68. The predicted octanol–water partition coefficient (Wildman–Crippen LogP) is 3.00. The molecule has 0 aromatic heterocycles. The topological polar surface area (TPSA) is 63.2 Å². The Morgan fingerprint density at radius 3 is 2.22 bits per heavy atom. The van der Waals surface area contributed by atoms with E-state index < -0.39 is 10.0 Å². The van der Waals surface area contributed by atoms with Crippen LogP contribution in [0.25, 0.3) is 10.8 Å². The largest absolute Gasteiger partial charge is 0.293 e. The second-order valence-corrected chi connectivity index (χ2v) is 6.89. The van der Waals surface area contributed by atoms with Gasteiger partial charge >= 0.3 is 0 Å². The van der Waals surface area contributed by atoms with E-state index in [0.717, 1.165) is 10.8 Å². The van der Waals surface area contributed by atoms with E-state index in [0.29, 0.717) is 5.56 Å². The summed E-state index contributed by atoms with van der Waals surface area (Å²) in [5.41, 5.74) is 0.486. The Labute approximate surface area is 134 Å². The Bertz CT molecular complexity index is 950. The molecule has 1 N–H and O–H groups in total. The molecule has 0 amide bonds. The number of ketones is 1. The van der Waals surface area contributed by atoms with Gasteiger partial charge in [-0.3, -0.25) is 4.79 Å². The number of hydrogen-bond donors (Lipinski definition) is 1. The lowest BCUT2D eigenvalue weighted by molar-refractivity contribution is 0.0997. The number of Topliss-reactive ketones (excluding diaryl/α,β-unsaturated/α-hetero) is 1. The van der Waals surface area contributed by atoms with Crippen molar-refractivity contribution in [3.05, 3.63) is 78.4 Å². The third-order valence-electron chi connectivity index (χ3n) is 3.55. The van der Waals surface area contributed by atoms with Gasteiger partial charge in [-0.1, -0.05) is 54.6 Å². The summed E-state index contributed by atoms with van der Waals surface area (Å²) in [4.78, 5) is 12.4. The van der Waals surface area contributed by atoms with E-state index in [2.05, 4.69) is 4.72 Å². The molecule has 0 heterocycles. The lowest BCUT2D eigenvalue weighted by Gasteiger charge is -2.07. The van der Waals surface area contributed by atoms with Gasteiger partial charge in [-0.2, -0.15) is 0 Å². The van der Waals surface area contributed by atoms with Gasteiger partial charge in [-0.25, -0.2) is 13.1 Å². The average molecular weight is 325 g/mol. The van der Waals surface area contributed by atoms with Crippen LogP contribution in [0.15, 0.2) is 77.7 Å². The molecule has 0 saturated carbocycles. The van der Waals surface area contributed by atoms with E-state index >= 15 is 0 Å². The zero-order chi connectivity index (χ0) is 16.3. The number of fused-ring (bicyclic) bond motifs is 1. The fraction of sp³-hybridized carbons (Fsp3) is 0.0556. The van der Waals surface area contributed by atoms with Crippen molar-refractivity contribution >= 4 is 26.6 Å². The summed E-state index contributed by atoms with van der Waals surface area (Å²) in [6, 6.07) is 21.0. The van der Waals surface area contributed by atoms with Crippen molar-refractivity contribution in [3.63, 3.8) is 0 Å². The molecule has 0 aliphatic rings. The SMILES string of the molecule is O=C(CNS(=O)(=O)c1ccccc1)c1ccc2ccccc2c1. The normalized spacial score (nSPS) is 11.5. The Balaban J connectivity index is 1.76. The van der Waals surface area contributed by atoms with Crippen molar-refractivity contribution < 1.29 is 13.2 Å². The van der Waals surface area contributed by atoms with Gasteiger partial charge in [0.1, 0.15) is 0 Å². The van der Waals surface area contributed by atoms with Crippen LogP contribution in [-0.4, -0.2) is 20.7 Å². The van der Waals surface area contributed by atoms with Gasteiger partial charge in [0.25, 0.3) is 0 Å².